The quantitative estimate of drug-likeness (QED) is 0.505. The smallest absolute Gasteiger partial charge is 0.230 e. The van der Waals surface area contributed by atoms with E-state index in [2.05, 4.69) is 39.7 Å². The molecule has 1 amide bonds. The molecule has 0 aliphatic carbocycles. The number of thioether (sulfide) groups is 1. The Morgan fingerprint density at radius 1 is 1.15 bits per heavy atom. The molecule has 6 nitrogen and oxygen atoms in total. The molecule has 3 aromatic heterocycles. The Kier molecular flexibility index (Phi) is 5.17. The van der Waals surface area contributed by atoms with Gasteiger partial charge in [-0.1, -0.05) is 47.7 Å². The third-order valence-corrected chi connectivity index (χ3v) is 5.75. The third kappa shape index (κ3) is 4.17. The molecule has 0 radical (unpaired) electrons. The van der Waals surface area contributed by atoms with Crippen LogP contribution in [-0.2, 0) is 11.3 Å². The van der Waals surface area contributed by atoms with E-state index < -0.39 is 0 Å². The van der Waals surface area contributed by atoms with Gasteiger partial charge in [-0.3, -0.25) is 4.79 Å². The van der Waals surface area contributed by atoms with Gasteiger partial charge in [-0.25, -0.2) is 0 Å². The lowest BCUT2D eigenvalue weighted by Crippen LogP contribution is -2.24. The first kappa shape index (κ1) is 17.7. The van der Waals surface area contributed by atoms with E-state index in [1.165, 1.54) is 17.3 Å². The maximum Gasteiger partial charge on any atom is 0.230 e. The van der Waals surface area contributed by atoms with Crippen molar-refractivity contribution in [1.29, 1.82) is 0 Å². The molecule has 0 fully saturated rings. The molecule has 3 heterocycles. The summed E-state index contributed by atoms with van der Waals surface area (Å²) in [4.78, 5) is 13.2. The molecule has 0 unspecified atom stereocenters. The zero-order valence-corrected chi connectivity index (χ0v) is 16.3. The fraction of sp³-hybridized carbons (Fsp3) is 0.158. The molecule has 0 bridgehead atoms. The van der Waals surface area contributed by atoms with E-state index in [1.54, 1.807) is 15.9 Å². The molecular formula is C19H17N5OS2. The fourth-order valence-corrected chi connectivity index (χ4v) is 3.88. The van der Waals surface area contributed by atoms with Crippen LogP contribution in [0.25, 0.3) is 16.9 Å². The molecule has 0 aliphatic heterocycles. The highest BCUT2D eigenvalue weighted by atomic mass is 32.2. The molecule has 0 spiro atoms. The van der Waals surface area contributed by atoms with Crippen molar-refractivity contribution in [2.24, 2.45) is 0 Å². The van der Waals surface area contributed by atoms with Crippen molar-refractivity contribution in [2.75, 3.05) is 5.75 Å². The summed E-state index contributed by atoms with van der Waals surface area (Å²) in [5.41, 5.74) is 3.73. The van der Waals surface area contributed by atoms with E-state index >= 15 is 0 Å². The molecule has 27 heavy (non-hydrogen) atoms. The van der Waals surface area contributed by atoms with Crippen molar-refractivity contribution in [1.82, 2.24) is 25.1 Å². The van der Waals surface area contributed by atoms with Gasteiger partial charge in [0.1, 0.15) is 0 Å². The van der Waals surface area contributed by atoms with Gasteiger partial charge in [0, 0.05) is 10.4 Å². The van der Waals surface area contributed by atoms with E-state index in [1.807, 2.05) is 41.8 Å². The molecule has 8 heteroatoms. The van der Waals surface area contributed by atoms with Gasteiger partial charge in [0.25, 0.3) is 0 Å². The Labute approximate surface area is 164 Å². The molecule has 1 aromatic carbocycles. The van der Waals surface area contributed by atoms with Gasteiger partial charge in [-0.15, -0.1) is 21.5 Å². The van der Waals surface area contributed by atoms with Crippen LogP contribution in [0.4, 0.5) is 0 Å². The maximum absolute atomic E-state index is 12.1. The number of aromatic nitrogens is 4. The highest BCUT2D eigenvalue weighted by molar-refractivity contribution is 7.99. The second-order valence-corrected chi connectivity index (χ2v) is 7.96. The minimum absolute atomic E-state index is 0.0418. The van der Waals surface area contributed by atoms with Crippen LogP contribution in [0, 0.1) is 6.92 Å². The van der Waals surface area contributed by atoms with Gasteiger partial charge in [0.2, 0.25) is 11.1 Å². The Morgan fingerprint density at radius 3 is 2.78 bits per heavy atom. The van der Waals surface area contributed by atoms with Crippen LogP contribution >= 0.6 is 23.1 Å². The number of amides is 1. The Bertz CT molecular complexity index is 1060. The molecule has 1 N–H and O–H groups in total. The van der Waals surface area contributed by atoms with Gasteiger partial charge in [0.15, 0.2) is 5.65 Å². The molecule has 136 valence electrons. The number of carbonyl (C=O) groups excluding carboxylic acids is 1. The van der Waals surface area contributed by atoms with E-state index in [-0.39, 0.29) is 11.7 Å². The summed E-state index contributed by atoms with van der Waals surface area (Å²) in [6, 6.07) is 16.0. The summed E-state index contributed by atoms with van der Waals surface area (Å²) < 4.78 is 1.69. The number of hydrogen-bond acceptors (Lipinski definition) is 6. The van der Waals surface area contributed by atoms with Crippen molar-refractivity contribution in [3.05, 3.63) is 64.4 Å². The summed E-state index contributed by atoms with van der Waals surface area (Å²) in [7, 11) is 0. The van der Waals surface area contributed by atoms with Crippen molar-refractivity contribution in [3.63, 3.8) is 0 Å². The summed E-state index contributed by atoms with van der Waals surface area (Å²) in [5.74, 6) is 0.225. The lowest BCUT2D eigenvalue weighted by molar-refractivity contribution is -0.118. The SMILES string of the molecule is Cc1ccc(-c2ccc3nnc(SCC(=O)NCc4cccs4)n3n2)cc1. The van der Waals surface area contributed by atoms with Crippen LogP contribution in [0.5, 0.6) is 0 Å². The normalized spacial score (nSPS) is 11.0. The van der Waals surface area contributed by atoms with E-state index in [4.69, 9.17) is 0 Å². The summed E-state index contributed by atoms with van der Waals surface area (Å²) in [5, 5.41) is 18.4. The van der Waals surface area contributed by atoms with Crippen molar-refractivity contribution in [2.45, 2.75) is 18.6 Å². The first-order valence-electron chi connectivity index (χ1n) is 8.40. The number of thiophene rings is 1. The van der Waals surface area contributed by atoms with E-state index in [0.29, 0.717) is 17.3 Å². The van der Waals surface area contributed by atoms with E-state index in [0.717, 1.165) is 16.1 Å². The second kappa shape index (κ2) is 7.89. The number of hydrogen-bond donors (Lipinski definition) is 1. The number of carbonyl (C=O) groups is 1. The highest BCUT2D eigenvalue weighted by Gasteiger charge is 2.11. The minimum atomic E-state index is -0.0418. The van der Waals surface area contributed by atoms with Gasteiger partial charge in [-0.05, 0) is 30.5 Å². The molecular weight excluding hydrogens is 378 g/mol. The number of rotatable bonds is 6. The standard InChI is InChI=1S/C19H17N5OS2/c1-13-4-6-14(7-5-13)16-8-9-17-21-22-19(24(17)23-16)27-12-18(25)20-11-15-3-2-10-26-15/h2-10H,11-12H2,1H3,(H,20,25). The molecule has 4 rings (SSSR count). The van der Waals surface area contributed by atoms with Crippen LogP contribution in [0.2, 0.25) is 0 Å². The zero-order chi connectivity index (χ0) is 18.6. The number of aryl methyl sites for hydroxylation is 1. The fourth-order valence-electron chi connectivity index (χ4n) is 2.52. The van der Waals surface area contributed by atoms with Gasteiger partial charge in [0.05, 0.1) is 18.0 Å². The number of nitrogens with one attached hydrogen (secondary N) is 1. The molecule has 0 saturated carbocycles. The third-order valence-electron chi connectivity index (χ3n) is 3.95. The monoisotopic (exact) mass is 395 g/mol. The number of nitrogens with zero attached hydrogens (tertiary/aromatic N) is 4. The van der Waals surface area contributed by atoms with Crippen molar-refractivity contribution >= 4 is 34.7 Å². The second-order valence-electron chi connectivity index (χ2n) is 5.98. The van der Waals surface area contributed by atoms with Crippen molar-refractivity contribution in [3.8, 4) is 11.3 Å². The summed E-state index contributed by atoms with van der Waals surface area (Å²) in [6.45, 7) is 2.60. The van der Waals surface area contributed by atoms with Crippen LogP contribution < -0.4 is 5.32 Å². The molecule has 0 atom stereocenters. The zero-order valence-electron chi connectivity index (χ0n) is 14.6. The average Bonchev–Trinajstić information content (AvgIpc) is 3.34. The number of benzene rings is 1. The van der Waals surface area contributed by atoms with Gasteiger partial charge < -0.3 is 5.32 Å². The summed E-state index contributed by atoms with van der Waals surface area (Å²) >= 11 is 2.95. The van der Waals surface area contributed by atoms with Gasteiger partial charge in [-0.2, -0.15) is 9.61 Å². The predicted octanol–water partition coefficient (Wildman–Crippen LogP) is 3.57. The first-order chi connectivity index (χ1) is 13.2. The van der Waals surface area contributed by atoms with Crippen LogP contribution in [0.15, 0.2) is 59.1 Å². The lowest BCUT2D eigenvalue weighted by Gasteiger charge is -2.04. The summed E-state index contributed by atoms with van der Waals surface area (Å²) in [6.07, 6.45) is 0. The molecule has 0 saturated heterocycles. The Hall–Kier alpha value is -2.71. The maximum atomic E-state index is 12.1. The first-order valence-corrected chi connectivity index (χ1v) is 10.3. The van der Waals surface area contributed by atoms with Crippen LogP contribution in [0.3, 0.4) is 0 Å². The number of fused-ring (bicyclic) bond motifs is 1. The van der Waals surface area contributed by atoms with Crippen molar-refractivity contribution < 1.29 is 4.79 Å². The van der Waals surface area contributed by atoms with Crippen LogP contribution in [-0.4, -0.2) is 31.5 Å². The van der Waals surface area contributed by atoms with E-state index in [9.17, 15) is 4.79 Å². The molecule has 0 aliphatic rings. The highest BCUT2D eigenvalue weighted by Crippen LogP contribution is 2.21. The largest absolute Gasteiger partial charge is 0.350 e. The molecule has 4 aromatic rings. The lowest BCUT2D eigenvalue weighted by atomic mass is 10.1. The Morgan fingerprint density at radius 2 is 2.00 bits per heavy atom. The Balaban J connectivity index is 1.46. The van der Waals surface area contributed by atoms with Crippen LogP contribution in [0.1, 0.15) is 10.4 Å². The topological polar surface area (TPSA) is 72.2 Å². The average molecular weight is 396 g/mol. The minimum Gasteiger partial charge on any atom is -0.350 e. The van der Waals surface area contributed by atoms with Gasteiger partial charge >= 0.3 is 0 Å². The predicted molar refractivity (Wildman–Crippen MR) is 108 cm³/mol.